The molecule has 1 fully saturated rings. The van der Waals surface area contributed by atoms with Gasteiger partial charge in [-0.2, -0.15) is 0 Å². The molecule has 3 rings (SSSR count). The van der Waals surface area contributed by atoms with Gasteiger partial charge in [0, 0.05) is 19.2 Å². The van der Waals surface area contributed by atoms with Gasteiger partial charge in [-0.15, -0.1) is 0 Å². The Morgan fingerprint density at radius 2 is 1.90 bits per heavy atom. The molecule has 112 valence electrons. The number of carbonyl (C=O) groups is 1. The summed E-state index contributed by atoms with van der Waals surface area (Å²) in [7, 11) is 0. The van der Waals surface area contributed by atoms with Crippen molar-refractivity contribution in [2.45, 2.75) is 20.3 Å². The molecule has 0 radical (unpaired) electrons. The van der Waals surface area contributed by atoms with Crippen LogP contribution >= 0.6 is 0 Å². The zero-order valence-corrected chi connectivity index (χ0v) is 12.5. The first-order valence-electron chi connectivity index (χ1n) is 7.48. The number of hydrogen-bond donors (Lipinski definition) is 0. The fourth-order valence-corrected chi connectivity index (χ4v) is 3.13. The van der Waals surface area contributed by atoms with E-state index in [2.05, 4.69) is 13.8 Å². The van der Waals surface area contributed by atoms with E-state index in [1.165, 1.54) is 6.42 Å². The number of fused-ring (bicyclic) bond motifs is 1. The molecular formula is C17H21NO3. The highest BCUT2D eigenvalue weighted by molar-refractivity contribution is 5.92. The highest BCUT2D eigenvalue weighted by atomic mass is 16.7. The topological polar surface area (TPSA) is 38.8 Å². The van der Waals surface area contributed by atoms with Crippen LogP contribution in [0.4, 0.5) is 0 Å². The number of nitrogens with zero attached hydrogens (tertiary/aromatic N) is 1. The molecule has 0 N–H and O–H groups in total. The zero-order chi connectivity index (χ0) is 14.8. The van der Waals surface area contributed by atoms with Crippen molar-refractivity contribution in [2.75, 3.05) is 19.9 Å². The quantitative estimate of drug-likeness (QED) is 0.785. The lowest BCUT2D eigenvalue weighted by Gasteiger charge is -2.34. The van der Waals surface area contributed by atoms with E-state index in [9.17, 15) is 4.79 Å². The smallest absolute Gasteiger partial charge is 0.246 e. The van der Waals surface area contributed by atoms with Gasteiger partial charge in [0.15, 0.2) is 11.5 Å². The van der Waals surface area contributed by atoms with Crippen LogP contribution < -0.4 is 9.47 Å². The van der Waals surface area contributed by atoms with Crippen LogP contribution in [-0.4, -0.2) is 30.7 Å². The predicted molar refractivity (Wildman–Crippen MR) is 81.1 cm³/mol. The summed E-state index contributed by atoms with van der Waals surface area (Å²) in [6.07, 6.45) is 4.70. The van der Waals surface area contributed by atoms with Crippen LogP contribution in [0.25, 0.3) is 6.08 Å². The molecule has 1 amide bonds. The van der Waals surface area contributed by atoms with E-state index >= 15 is 0 Å². The number of carbonyl (C=O) groups excluding carboxylic acids is 1. The minimum absolute atomic E-state index is 0.0890. The second kappa shape index (κ2) is 5.80. The van der Waals surface area contributed by atoms with Crippen molar-refractivity contribution in [3.05, 3.63) is 29.8 Å². The number of likely N-dealkylation sites (tertiary alicyclic amines) is 1. The van der Waals surface area contributed by atoms with Crippen molar-refractivity contribution in [3.63, 3.8) is 0 Å². The summed E-state index contributed by atoms with van der Waals surface area (Å²) in [5.41, 5.74) is 0.950. The van der Waals surface area contributed by atoms with E-state index in [0.717, 1.165) is 30.2 Å². The summed E-state index contributed by atoms with van der Waals surface area (Å²) in [5.74, 6) is 2.75. The minimum atomic E-state index is 0.0890. The molecule has 1 aromatic carbocycles. The third-order valence-corrected chi connectivity index (χ3v) is 4.00. The normalized spacial score (nSPS) is 24.6. The average Bonchev–Trinajstić information content (AvgIpc) is 2.91. The first kappa shape index (κ1) is 14.0. The molecular weight excluding hydrogens is 266 g/mol. The second-order valence-electron chi connectivity index (χ2n) is 6.14. The highest BCUT2D eigenvalue weighted by Gasteiger charge is 2.24. The van der Waals surface area contributed by atoms with Gasteiger partial charge >= 0.3 is 0 Å². The van der Waals surface area contributed by atoms with E-state index in [0.29, 0.717) is 11.8 Å². The molecule has 0 aliphatic carbocycles. The van der Waals surface area contributed by atoms with Crippen molar-refractivity contribution in [1.82, 2.24) is 4.90 Å². The molecule has 4 heteroatoms. The number of rotatable bonds is 2. The number of amides is 1. The minimum Gasteiger partial charge on any atom is -0.454 e. The summed E-state index contributed by atoms with van der Waals surface area (Å²) >= 11 is 0. The van der Waals surface area contributed by atoms with E-state index in [1.54, 1.807) is 6.08 Å². The molecule has 0 aromatic heterocycles. The monoisotopic (exact) mass is 287 g/mol. The Kier molecular flexibility index (Phi) is 3.86. The molecule has 1 aromatic rings. The Bertz CT molecular complexity index is 557. The summed E-state index contributed by atoms with van der Waals surface area (Å²) in [5, 5.41) is 0. The van der Waals surface area contributed by atoms with Gasteiger partial charge in [0.25, 0.3) is 0 Å². The van der Waals surface area contributed by atoms with Crippen molar-refractivity contribution in [3.8, 4) is 11.5 Å². The summed E-state index contributed by atoms with van der Waals surface area (Å²) in [6.45, 7) is 6.39. The fourth-order valence-electron chi connectivity index (χ4n) is 3.13. The van der Waals surface area contributed by atoms with Crippen LogP contribution in [0, 0.1) is 11.8 Å². The predicted octanol–water partition coefficient (Wildman–Crippen LogP) is 2.93. The van der Waals surface area contributed by atoms with E-state index < -0.39 is 0 Å². The SMILES string of the molecule is CC1CC(C)CN(C(=O)C=Cc2ccc3c(c2)OCO3)C1. The maximum atomic E-state index is 12.3. The number of ether oxygens (including phenoxy) is 2. The first-order valence-corrected chi connectivity index (χ1v) is 7.48. The molecule has 4 nitrogen and oxygen atoms in total. The van der Waals surface area contributed by atoms with Gasteiger partial charge in [0.2, 0.25) is 12.7 Å². The lowest BCUT2D eigenvalue weighted by molar-refractivity contribution is -0.128. The van der Waals surface area contributed by atoms with E-state index in [1.807, 2.05) is 29.2 Å². The Morgan fingerprint density at radius 1 is 1.19 bits per heavy atom. The number of benzene rings is 1. The molecule has 2 atom stereocenters. The maximum absolute atomic E-state index is 12.3. The van der Waals surface area contributed by atoms with Crippen molar-refractivity contribution in [2.24, 2.45) is 11.8 Å². The lowest BCUT2D eigenvalue weighted by Crippen LogP contribution is -2.41. The molecule has 0 saturated carbocycles. The Labute approximate surface area is 125 Å². The Morgan fingerprint density at radius 3 is 2.67 bits per heavy atom. The summed E-state index contributed by atoms with van der Waals surface area (Å²) < 4.78 is 10.6. The summed E-state index contributed by atoms with van der Waals surface area (Å²) in [4.78, 5) is 14.2. The van der Waals surface area contributed by atoms with Crippen LogP contribution in [0.5, 0.6) is 11.5 Å². The number of hydrogen-bond acceptors (Lipinski definition) is 3. The first-order chi connectivity index (χ1) is 10.1. The van der Waals surface area contributed by atoms with Crippen LogP contribution in [-0.2, 0) is 4.79 Å². The zero-order valence-electron chi connectivity index (χ0n) is 12.5. The third kappa shape index (κ3) is 3.20. The molecule has 0 spiro atoms. The average molecular weight is 287 g/mol. The molecule has 1 saturated heterocycles. The summed E-state index contributed by atoms with van der Waals surface area (Å²) in [6, 6.07) is 5.70. The molecule has 2 aliphatic heterocycles. The van der Waals surface area contributed by atoms with Gasteiger partial charge in [-0.05, 0) is 42.0 Å². The largest absolute Gasteiger partial charge is 0.454 e. The molecule has 0 bridgehead atoms. The van der Waals surface area contributed by atoms with Gasteiger partial charge in [0.1, 0.15) is 0 Å². The Balaban J connectivity index is 1.66. The van der Waals surface area contributed by atoms with Gasteiger partial charge in [-0.1, -0.05) is 19.9 Å². The van der Waals surface area contributed by atoms with Crippen molar-refractivity contribution >= 4 is 12.0 Å². The molecule has 2 heterocycles. The fraction of sp³-hybridized carbons (Fsp3) is 0.471. The van der Waals surface area contributed by atoms with Crippen LogP contribution in [0.15, 0.2) is 24.3 Å². The number of piperidine rings is 1. The lowest BCUT2D eigenvalue weighted by atomic mass is 9.92. The van der Waals surface area contributed by atoms with Gasteiger partial charge < -0.3 is 14.4 Å². The van der Waals surface area contributed by atoms with Crippen LogP contribution in [0.1, 0.15) is 25.8 Å². The Hall–Kier alpha value is -1.97. The molecule has 2 unspecified atom stereocenters. The van der Waals surface area contributed by atoms with Gasteiger partial charge in [0.05, 0.1) is 0 Å². The second-order valence-corrected chi connectivity index (χ2v) is 6.14. The molecule has 2 aliphatic rings. The molecule has 21 heavy (non-hydrogen) atoms. The standard InChI is InChI=1S/C17H21NO3/c1-12-7-13(2)10-18(9-12)17(19)6-4-14-3-5-15-16(8-14)21-11-20-15/h3-6,8,12-13H,7,9-11H2,1-2H3. The van der Waals surface area contributed by atoms with Crippen molar-refractivity contribution in [1.29, 1.82) is 0 Å². The van der Waals surface area contributed by atoms with Crippen molar-refractivity contribution < 1.29 is 14.3 Å². The highest BCUT2D eigenvalue weighted by Crippen LogP contribution is 2.32. The van der Waals surface area contributed by atoms with Gasteiger partial charge in [-0.3, -0.25) is 4.79 Å². The van der Waals surface area contributed by atoms with E-state index in [4.69, 9.17) is 9.47 Å². The maximum Gasteiger partial charge on any atom is 0.246 e. The van der Waals surface area contributed by atoms with Crippen LogP contribution in [0.2, 0.25) is 0 Å². The van der Waals surface area contributed by atoms with Gasteiger partial charge in [-0.25, -0.2) is 0 Å². The third-order valence-electron chi connectivity index (χ3n) is 4.00. The van der Waals surface area contributed by atoms with Crippen LogP contribution in [0.3, 0.4) is 0 Å². The van der Waals surface area contributed by atoms with E-state index in [-0.39, 0.29) is 12.7 Å².